The SMILES string of the molecule is CCc1ccc(CC(CCc2ccccn2)NN)nc1. The van der Waals surface area contributed by atoms with Gasteiger partial charge < -0.3 is 0 Å². The molecule has 0 saturated heterocycles. The molecule has 0 aromatic carbocycles. The monoisotopic (exact) mass is 270 g/mol. The molecule has 2 aromatic heterocycles. The maximum absolute atomic E-state index is 5.64. The molecule has 2 aromatic rings. The van der Waals surface area contributed by atoms with E-state index in [0.29, 0.717) is 0 Å². The Morgan fingerprint density at radius 3 is 2.65 bits per heavy atom. The van der Waals surface area contributed by atoms with Crippen LogP contribution in [-0.2, 0) is 19.3 Å². The summed E-state index contributed by atoms with van der Waals surface area (Å²) in [6, 6.07) is 10.4. The second-order valence-corrected chi connectivity index (χ2v) is 4.94. The van der Waals surface area contributed by atoms with Gasteiger partial charge in [0.1, 0.15) is 0 Å². The van der Waals surface area contributed by atoms with E-state index in [4.69, 9.17) is 5.84 Å². The van der Waals surface area contributed by atoms with Gasteiger partial charge in [0.15, 0.2) is 0 Å². The second-order valence-electron chi connectivity index (χ2n) is 4.94. The Morgan fingerprint density at radius 1 is 1.15 bits per heavy atom. The Kier molecular flexibility index (Phi) is 5.65. The van der Waals surface area contributed by atoms with Crippen LogP contribution in [0.15, 0.2) is 42.7 Å². The molecule has 0 bridgehead atoms. The van der Waals surface area contributed by atoms with Gasteiger partial charge in [-0.2, -0.15) is 0 Å². The van der Waals surface area contributed by atoms with E-state index in [1.165, 1.54) is 5.56 Å². The quantitative estimate of drug-likeness (QED) is 0.597. The Labute approximate surface area is 120 Å². The molecule has 0 aliphatic rings. The van der Waals surface area contributed by atoms with Crippen LogP contribution in [0.4, 0.5) is 0 Å². The van der Waals surface area contributed by atoms with Crippen molar-refractivity contribution in [2.24, 2.45) is 5.84 Å². The zero-order valence-corrected chi connectivity index (χ0v) is 11.9. The number of nitrogens with zero attached hydrogens (tertiary/aromatic N) is 2. The molecule has 0 spiro atoms. The average molecular weight is 270 g/mol. The van der Waals surface area contributed by atoms with E-state index in [-0.39, 0.29) is 6.04 Å². The lowest BCUT2D eigenvalue weighted by atomic mass is 10.0. The van der Waals surface area contributed by atoms with E-state index in [1.54, 1.807) is 0 Å². The molecule has 4 heteroatoms. The van der Waals surface area contributed by atoms with Crippen molar-refractivity contribution in [3.63, 3.8) is 0 Å². The van der Waals surface area contributed by atoms with Crippen LogP contribution in [0, 0.1) is 0 Å². The van der Waals surface area contributed by atoms with Crippen molar-refractivity contribution in [1.82, 2.24) is 15.4 Å². The fraction of sp³-hybridized carbons (Fsp3) is 0.375. The first-order chi connectivity index (χ1) is 9.81. The highest BCUT2D eigenvalue weighted by atomic mass is 15.2. The lowest BCUT2D eigenvalue weighted by molar-refractivity contribution is 0.485. The number of hydrogen-bond donors (Lipinski definition) is 2. The molecular weight excluding hydrogens is 248 g/mol. The van der Waals surface area contributed by atoms with Gasteiger partial charge in [0, 0.05) is 36.2 Å². The van der Waals surface area contributed by atoms with Gasteiger partial charge in [-0.1, -0.05) is 19.1 Å². The van der Waals surface area contributed by atoms with Crippen LogP contribution in [0.1, 0.15) is 30.3 Å². The molecule has 3 N–H and O–H groups in total. The molecule has 1 unspecified atom stereocenters. The molecule has 0 fully saturated rings. The van der Waals surface area contributed by atoms with E-state index in [2.05, 4.69) is 34.5 Å². The Bertz CT molecular complexity index is 496. The minimum absolute atomic E-state index is 0.219. The predicted octanol–water partition coefficient (Wildman–Crippen LogP) is 2.05. The predicted molar refractivity (Wildman–Crippen MR) is 81.0 cm³/mol. The Hall–Kier alpha value is -1.78. The minimum Gasteiger partial charge on any atom is -0.271 e. The summed E-state index contributed by atoms with van der Waals surface area (Å²) in [5.74, 6) is 5.64. The summed E-state index contributed by atoms with van der Waals surface area (Å²) in [5, 5.41) is 0. The van der Waals surface area contributed by atoms with Crippen molar-refractivity contribution in [2.75, 3.05) is 0 Å². The number of aryl methyl sites for hydroxylation is 2. The highest BCUT2D eigenvalue weighted by molar-refractivity contribution is 5.14. The van der Waals surface area contributed by atoms with E-state index < -0.39 is 0 Å². The van der Waals surface area contributed by atoms with Gasteiger partial charge in [0.05, 0.1) is 0 Å². The van der Waals surface area contributed by atoms with Gasteiger partial charge in [-0.05, 0) is 43.0 Å². The van der Waals surface area contributed by atoms with E-state index in [0.717, 1.165) is 37.1 Å². The van der Waals surface area contributed by atoms with Crippen LogP contribution < -0.4 is 11.3 Å². The third kappa shape index (κ3) is 4.40. The number of aromatic nitrogens is 2. The molecule has 106 valence electrons. The number of hydrazine groups is 1. The second kappa shape index (κ2) is 7.72. The molecule has 20 heavy (non-hydrogen) atoms. The van der Waals surface area contributed by atoms with Crippen LogP contribution in [0.25, 0.3) is 0 Å². The van der Waals surface area contributed by atoms with E-state index >= 15 is 0 Å². The zero-order valence-electron chi connectivity index (χ0n) is 11.9. The molecular formula is C16H22N4. The topological polar surface area (TPSA) is 63.8 Å². The first-order valence-electron chi connectivity index (χ1n) is 7.11. The summed E-state index contributed by atoms with van der Waals surface area (Å²) in [6.45, 7) is 2.13. The highest BCUT2D eigenvalue weighted by Crippen LogP contribution is 2.08. The highest BCUT2D eigenvalue weighted by Gasteiger charge is 2.09. The number of pyridine rings is 2. The van der Waals surface area contributed by atoms with Crippen molar-refractivity contribution >= 4 is 0 Å². The van der Waals surface area contributed by atoms with Crippen molar-refractivity contribution in [1.29, 1.82) is 0 Å². The molecule has 0 aliphatic heterocycles. The normalized spacial score (nSPS) is 12.3. The van der Waals surface area contributed by atoms with Crippen LogP contribution in [0.5, 0.6) is 0 Å². The smallest absolute Gasteiger partial charge is 0.0419 e. The number of rotatable bonds is 7. The average Bonchev–Trinajstić information content (AvgIpc) is 2.53. The van der Waals surface area contributed by atoms with Crippen LogP contribution in [-0.4, -0.2) is 16.0 Å². The Balaban J connectivity index is 1.88. The third-order valence-corrected chi connectivity index (χ3v) is 3.46. The van der Waals surface area contributed by atoms with Crippen LogP contribution in [0.3, 0.4) is 0 Å². The van der Waals surface area contributed by atoms with Gasteiger partial charge in [-0.3, -0.25) is 21.2 Å². The molecule has 0 radical (unpaired) electrons. The van der Waals surface area contributed by atoms with Gasteiger partial charge in [0.25, 0.3) is 0 Å². The first-order valence-corrected chi connectivity index (χ1v) is 7.11. The summed E-state index contributed by atoms with van der Waals surface area (Å²) in [4.78, 5) is 8.81. The van der Waals surface area contributed by atoms with E-state index in [9.17, 15) is 0 Å². The molecule has 0 saturated carbocycles. The molecule has 0 amide bonds. The van der Waals surface area contributed by atoms with Gasteiger partial charge >= 0.3 is 0 Å². The fourth-order valence-electron chi connectivity index (χ4n) is 2.15. The first kappa shape index (κ1) is 14.6. The summed E-state index contributed by atoms with van der Waals surface area (Å²) in [5.41, 5.74) is 6.32. The summed E-state index contributed by atoms with van der Waals surface area (Å²) < 4.78 is 0. The van der Waals surface area contributed by atoms with Crippen molar-refractivity contribution in [3.05, 3.63) is 59.7 Å². The lowest BCUT2D eigenvalue weighted by Crippen LogP contribution is -2.37. The zero-order chi connectivity index (χ0) is 14.2. The maximum Gasteiger partial charge on any atom is 0.0419 e. The molecule has 4 nitrogen and oxygen atoms in total. The number of hydrogen-bond acceptors (Lipinski definition) is 4. The van der Waals surface area contributed by atoms with Gasteiger partial charge in [0.2, 0.25) is 0 Å². The van der Waals surface area contributed by atoms with Gasteiger partial charge in [-0.25, -0.2) is 0 Å². The maximum atomic E-state index is 5.64. The fourth-order valence-corrected chi connectivity index (χ4v) is 2.15. The van der Waals surface area contributed by atoms with Crippen molar-refractivity contribution < 1.29 is 0 Å². The molecule has 1 atom stereocenters. The minimum atomic E-state index is 0.219. The number of nitrogens with one attached hydrogen (secondary N) is 1. The molecule has 0 aliphatic carbocycles. The summed E-state index contributed by atoms with van der Waals surface area (Å²) >= 11 is 0. The standard InChI is InChI=1S/C16H22N4/c1-2-13-6-7-15(19-12-13)11-16(20-17)9-8-14-5-3-4-10-18-14/h3-7,10,12,16,20H,2,8-9,11,17H2,1H3. The van der Waals surface area contributed by atoms with Crippen molar-refractivity contribution in [2.45, 2.75) is 38.6 Å². The van der Waals surface area contributed by atoms with Crippen molar-refractivity contribution in [3.8, 4) is 0 Å². The number of nitrogens with two attached hydrogens (primary N) is 1. The van der Waals surface area contributed by atoms with Crippen LogP contribution in [0.2, 0.25) is 0 Å². The van der Waals surface area contributed by atoms with E-state index in [1.807, 2.05) is 30.6 Å². The third-order valence-electron chi connectivity index (χ3n) is 3.46. The molecule has 2 rings (SSSR count). The van der Waals surface area contributed by atoms with Gasteiger partial charge in [-0.15, -0.1) is 0 Å². The lowest BCUT2D eigenvalue weighted by Gasteiger charge is -2.15. The Morgan fingerprint density at radius 2 is 2.05 bits per heavy atom. The summed E-state index contributed by atoms with van der Waals surface area (Å²) in [7, 11) is 0. The van der Waals surface area contributed by atoms with Crippen LogP contribution >= 0.6 is 0 Å². The molecule has 2 heterocycles. The summed E-state index contributed by atoms with van der Waals surface area (Å²) in [6.07, 6.45) is 7.50. The largest absolute Gasteiger partial charge is 0.271 e.